The summed E-state index contributed by atoms with van der Waals surface area (Å²) in [6.07, 6.45) is -4.00. The van der Waals surface area contributed by atoms with E-state index < -0.39 is 29.1 Å². The van der Waals surface area contributed by atoms with Crippen LogP contribution in [0.15, 0.2) is 24.3 Å². The van der Waals surface area contributed by atoms with Crippen LogP contribution in [0.4, 0.5) is 24.5 Å². The summed E-state index contributed by atoms with van der Waals surface area (Å²) in [5, 5.41) is 5.72. The molecule has 0 bridgehead atoms. The Balaban J connectivity index is 1.96. The number of nitrogens with one attached hydrogen (secondary N) is 2. The maximum absolute atomic E-state index is 13.9. The Morgan fingerprint density at radius 3 is 2.42 bits per heavy atom. The van der Waals surface area contributed by atoms with Crippen LogP contribution in [0.25, 0.3) is 0 Å². The molecule has 1 saturated carbocycles. The highest BCUT2D eigenvalue weighted by molar-refractivity contribution is 5.88. The molecular weight excluding hydrogens is 319 g/mol. The molecule has 0 radical (unpaired) electrons. The second-order valence-corrected chi connectivity index (χ2v) is 7.63. The minimum Gasteiger partial charge on any atom is -0.366 e. The molecule has 1 fully saturated rings. The highest BCUT2D eigenvalue weighted by Crippen LogP contribution is 2.57. The predicted octanol–water partition coefficient (Wildman–Crippen LogP) is 3.50. The molecule has 1 aromatic carbocycles. The van der Waals surface area contributed by atoms with Crippen LogP contribution < -0.4 is 15.5 Å². The van der Waals surface area contributed by atoms with Gasteiger partial charge in [0.05, 0.1) is 23.5 Å². The minimum atomic E-state index is -4.50. The van der Waals surface area contributed by atoms with E-state index in [2.05, 4.69) is 10.6 Å². The average Bonchev–Trinajstić information content (AvgIpc) is 3.12. The summed E-state index contributed by atoms with van der Waals surface area (Å²) in [5.74, 6) is -0.512. The van der Waals surface area contributed by atoms with E-state index in [-0.39, 0.29) is 19.5 Å². The Morgan fingerprint density at radius 1 is 1.25 bits per heavy atom. The highest BCUT2D eigenvalue weighted by atomic mass is 19.4. The molecule has 1 unspecified atom stereocenters. The van der Waals surface area contributed by atoms with Crippen molar-refractivity contribution in [2.24, 2.45) is 5.41 Å². The first-order chi connectivity index (χ1) is 11.0. The van der Waals surface area contributed by atoms with E-state index in [1.165, 1.54) is 4.90 Å². The number of fused-ring (bicyclic) bond motifs is 1. The first-order valence-corrected chi connectivity index (χ1v) is 8.03. The van der Waals surface area contributed by atoms with Gasteiger partial charge in [0.2, 0.25) is 5.91 Å². The number of anilines is 2. The molecule has 1 aliphatic heterocycles. The first-order valence-electron chi connectivity index (χ1n) is 8.03. The van der Waals surface area contributed by atoms with Crippen LogP contribution in [0.1, 0.15) is 33.6 Å². The summed E-state index contributed by atoms with van der Waals surface area (Å²) in [6.45, 7) is 5.37. The Bertz CT molecular complexity index is 647. The van der Waals surface area contributed by atoms with Crippen molar-refractivity contribution in [3.05, 3.63) is 24.3 Å². The van der Waals surface area contributed by atoms with E-state index in [1.54, 1.807) is 45.0 Å². The number of hydrogen-bond donors (Lipinski definition) is 2. The van der Waals surface area contributed by atoms with Crippen molar-refractivity contribution in [1.82, 2.24) is 5.32 Å². The maximum Gasteiger partial charge on any atom is 0.409 e. The van der Waals surface area contributed by atoms with Gasteiger partial charge in [0, 0.05) is 5.54 Å². The molecule has 4 nitrogen and oxygen atoms in total. The molecule has 1 aliphatic carbocycles. The topological polar surface area (TPSA) is 44.4 Å². The molecule has 24 heavy (non-hydrogen) atoms. The normalized spacial score (nSPS) is 20.2. The summed E-state index contributed by atoms with van der Waals surface area (Å²) in [6, 6.07) is 5.06. The van der Waals surface area contributed by atoms with Crippen LogP contribution in [-0.2, 0) is 4.79 Å². The van der Waals surface area contributed by atoms with Crippen LogP contribution in [-0.4, -0.2) is 30.3 Å². The number of para-hydroxylation sites is 2. The molecule has 2 aliphatic rings. The average molecular weight is 341 g/mol. The van der Waals surface area contributed by atoms with Gasteiger partial charge in [0.25, 0.3) is 0 Å². The second kappa shape index (κ2) is 5.29. The van der Waals surface area contributed by atoms with Crippen molar-refractivity contribution < 1.29 is 18.0 Å². The minimum absolute atomic E-state index is 0.0497. The lowest BCUT2D eigenvalue weighted by atomic mass is 9.91. The van der Waals surface area contributed by atoms with Gasteiger partial charge in [-0.15, -0.1) is 0 Å². The van der Waals surface area contributed by atoms with Gasteiger partial charge in [-0.3, -0.25) is 4.79 Å². The number of alkyl halides is 3. The fourth-order valence-corrected chi connectivity index (χ4v) is 3.37. The fourth-order valence-electron chi connectivity index (χ4n) is 3.37. The number of hydrogen-bond acceptors (Lipinski definition) is 3. The number of carbonyl (C=O) groups is 1. The molecule has 3 rings (SSSR count). The monoisotopic (exact) mass is 341 g/mol. The molecule has 2 N–H and O–H groups in total. The molecule has 1 heterocycles. The molecule has 1 amide bonds. The van der Waals surface area contributed by atoms with Crippen LogP contribution in [0.3, 0.4) is 0 Å². The molecule has 0 aromatic heterocycles. The van der Waals surface area contributed by atoms with Gasteiger partial charge >= 0.3 is 6.18 Å². The zero-order valence-corrected chi connectivity index (χ0v) is 14.0. The Labute approximate surface area is 139 Å². The lowest BCUT2D eigenvalue weighted by Gasteiger charge is -2.37. The maximum atomic E-state index is 13.9. The zero-order valence-electron chi connectivity index (χ0n) is 14.0. The SMILES string of the molecule is CC(C)(C)NC(=O)C1(C(N2CNc3ccccc32)C(F)(F)F)CC1. The highest BCUT2D eigenvalue weighted by Gasteiger charge is 2.67. The van der Waals surface area contributed by atoms with E-state index in [0.717, 1.165) is 0 Å². The summed E-state index contributed by atoms with van der Waals surface area (Å²) < 4.78 is 41.8. The lowest BCUT2D eigenvalue weighted by molar-refractivity contribution is -0.170. The van der Waals surface area contributed by atoms with Gasteiger partial charge in [-0.2, -0.15) is 13.2 Å². The van der Waals surface area contributed by atoms with Gasteiger partial charge in [-0.1, -0.05) is 12.1 Å². The number of amides is 1. The number of halogens is 3. The van der Waals surface area contributed by atoms with Crippen molar-refractivity contribution in [2.45, 2.75) is 51.4 Å². The third kappa shape index (κ3) is 2.91. The molecule has 1 atom stereocenters. The summed E-state index contributed by atoms with van der Waals surface area (Å²) in [4.78, 5) is 13.9. The third-order valence-electron chi connectivity index (χ3n) is 4.53. The third-order valence-corrected chi connectivity index (χ3v) is 4.53. The van der Waals surface area contributed by atoms with Gasteiger partial charge < -0.3 is 15.5 Å². The van der Waals surface area contributed by atoms with Crippen LogP contribution in [0.2, 0.25) is 0 Å². The summed E-state index contributed by atoms with van der Waals surface area (Å²) >= 11 is 0. The van der Waals surface area contributed by atoms with Crippen molar-refractivity contribution in [3.63, 3.8) is 0 Å². The van der Waals surface area contributed by atoms with E-state index in [1.807, 2.05) is 0 Å². The Kier molecular flexibility index (Phi) is 3.73. The lowest BCUT2D eigenvalue weighted by Crippen LogP contribution is -2.58. The van der Waals surface area contributed by atoms with Gasteiger partial charge in [-0.25, -0.2) is 0 Å². The van der Waals surface area contributed by atoms with Gasteiger partial charge in [0.1, 0.15) is 6.04 Å². The quantitative estimate of drug-likeness (QED) is 0.884. The Morgan fingerprint density at radius 2 is 1.88 bits per heavy atom. The van der Waals surface area contributed by atoms with E-state index >= 15 is 0 Å². The molecule has 0 spiro atoms. The van der Waals surface area contributed by atoms with Crippen molar-refractivity contribution in [2.75, 3.05) is 16.9 Å². The standard InChI is InChI=1S/C17H22F3N3O/c1-15(2,3)22-14(24)16(8-9-16)13(17(18,19)20)23-10-21-11-6-4-5-7-12(11)23/h4-7,13,21H,8-10H2,1-3H3,(H,22,24). The molecule has 1 aromatic rings. The zero-order chi connectivity index (χ0) is 17.8. The molecule has 0 saturated heterocycles. The smallest absolute Gasteiger partial charge is 0.366 e. The number of nitrogens with zero attached hydrogens (tertiary/aromatic N) is 1. The largest absolute Gasteiger partial charge is 0.409 e. The number of benzene rings is 1. The van der Waals surface area contributed by atoms with E-state index in [4.69, 9.17) is 0 Å². The van der Waals surface area contributed by atoms with Crippen LogP contribution >= 0.6 is 0 Å². The summed E-state index contributed by atoms with van der Waals surface area (Å²) in [5.41, 5.74) is -0.817. The summed E-state index contributed by atoms with van der Waals surface area (Å²) in [7, 11) is 0. The van der Waals surface area contributed by atoms with E-state index in [9.17, 15) is 18.0 Å². The van der Waals surface area contributed by atoms with Gasteiger partial charge in [0.15, 0.2) is 0 Å². The number of carbonyl (C=O) groups excluding carboxylic acids is 1. The van der Waals surface area contributed by atoms with E-state index in [0.29, 0.717) is 11.4 Å². The Hall–Kier alpha value is -1.92. The van der Waals surface area contributed by atoms with Crippen molar-refractivity contribution in [1.29, 1.82) is 0 Å². The molecule has 132 valence electrons. The fraction of sp³-hybridized carbons (Fsp3) is 0.588. The van der Waals surface area contributed by atoms with Crippen molar-refractivity contribution in [3.8, 4) is 0 Å². The second-order valence-electron chi connectivity index (χ2n) is 7.63. The number of rotatable bonds is 3. The van der Waals surface area contributed by atoms with Crippen LogP contribution in [0.5, 0.6) is 0 Å². The molecular formula is C17H22F3N3O. The van der Waals surface area contributed by atoms with Gasteiger partial charge in [-0.05, 0) is 45.7 Å². The predicted molar refractivity (Wildman–Crippen MR) is 86.8 cm³/mol. The first kappa shape index (κ1) is 16.9. The molecule has 7 heteroatoms. The van der Waals surface area contributed by atoms with Crippen molar-refractivity contribution >= 4 is 17.3 Å². The van der Waals surface area contributed by atoms with Crippen LogP contribution in [0, 0.1) is 5.41 Å².